The van der Waals surface area contributed by atoms with Crippen LogP contribution in [-0.4, -0.2) is 33.1 Å². The number of carbonyl (C=O) groups is 1. The van der Waals surface area contributed by atoms with Gasteiger partial charge in [-0.15, -0.1) is 0 Å². The third-order valence-electron chi connectivity index (χ3n) is 4.27. The van der Waals surface area contributed by atoms with Gasteiger partial charge in [-0.3, -0.25) is 0 Å². The molecule has 1 fully saturated rings. The molecule has 1 N–H and O–H groups in total. The first-order chi connectivity index (χ1) is 10.2. The van der Waals surface area contributed by atoms with Crippen molar-refractivity contribution in [2.24, 2.45) is 0 Å². The van der Waals surface area contributed by atoms with E-state index in [0.29, 0.717) is 25.3 Å². The van der Waals surface area contributed by atoms with E-state index in [-0.39, 0.29) is 0 Å². The van der Waals surface area contributed by atoms with E-state index in [2.05, 4.69) is 9.97 Å². The van der Waals surface area contributed by atoms with Gasteiger partial charge in [0.25, 0.3) is 0 Å². The molecule has 0 spiro atoms. The summed E-state index contributed by atoms with van der Waals surface area (Å²) in [6, 6.07) is 7.76. The quantitative estimate of drug-likeness (QED) is 0.935. The molecule has 1 unspecified atom stereocenters. The molecule has 0 bridgehead atoms. The van der Waals surface area contributed by atoms with Crippen molar-refractivity contribution in [2.45, 2.75) is 38.1 Å². The Bertz CT molecular complexity index is 673. The van der Waals surface area contributed by atoms with Crippen LogP contribution in [0.15, 0.2) is 30.5 Å². The Morgan fingerprint density at radius 1 is 1.43 bits per heavy atom. The highest BCUT2D eigenvalue weighted by Crippen LogP contribution is 2.36. The van der Waals surface area contributed by atoms with Gasteiger partial charge in [-0.1, -0.05) is 31.5 Å². The predicted molar refractivity (Wildman–Crippen MR) is 81.4 cm³/mol. The Morgan fingerprint density at radius 3 is 3.00 bits per heavy atom. The first-order valence-electron chi connectivity index (χ1n) is 7.40. The van der Waals surface area contributed by atoms with E-state index in [4.69, 9.17) is 0 Å². The second kappa shape index (κ2) is 5.31. The number of benzene rings is 1. The van der Waals surface area contributed by atoms with Crippen LogP contribution in [0.3, 0.4) is 0 Å². The van der Waals surface area contributed by atoms with Crippen LogP contribution in [0.4, 0.5) is 5.95 Å². The SMILES string of the molecule is CCCC1(C(=O)O)CCCN1c1ncc2ccccc2n1. The maximum atomic E-state index is 11.9. The monoisotopic (exact) mass is 285 g/mol. The zero-order chi connectivity index (χ0) is 14.9. The van der Waals surface area contributed by atoms with Crippen molar-refractivity contribution in [1.29, 1.82) is 0 Å². The Balaban J connectivity index is 2.05. The van der Waals surface area contributed by atoms with Crippen molar-refractivity contribution in [3.63, 3.8) is 0 Å². The summed E-state index contributed by atoms with van der Waals surface area (Å²) in [4.78, 5) is 22.7. The minimum atomic E-state index is -0.850. The molecule has 0 radical (unpaired) electrons. The average molecular weight is 285 g/mol. The molecule has 1 aromatic heterocycles. The predicted octanol–water partition coefficient (Wildman–Crippen LogP) is 2.85. The Kier molecular flexibility index (Phi) is 3.49. The summed E-state index contributed by atoms with van der Waals surface area (Å²) in [5.74, 6) is -0.236. The lowest BCUT2D eigenvalue weighted by Crippen LogP contribution is -2.51. The van der Waals surface area contributed by atoms with Crippen LogP contribution >= 0.6 is 0 Å². The summed E-state index contributed by atoms with van der Waals surface area (Å²) < 4.78 is 0. The zero-order valence-corrected chi connectivity index (χ0v) is 12.1. The van der Waals surface area contributed by atoms with Gasteiger partial charge < -0.3 is 10.0 Å². The Labute approximate surface area is 123 Å². The van der Waals surface area contributed by atoms with Gasteiger partial charge in [-0.25, -0.2) is 14.8 Å². The first kappa shape index (κ1) is 13.8. The molecule has 1 aromatic carbocycles. The first-order valence-corrected chi connectivity index (χ1v) is 7.40. The molecule has 0 amide bonds. The number of carboxylic acids is 1. The Hall–Kier alpha value is -2.17. The molecule has 0 aliphatic carbocycles. The molecule has 5 nitrogen and oxygen atoms in total. The van der Waals surface area contributed by atoms with Crippen LogP contribution in [-0.2, 0) is 4.79 Å². The summed E-state index contributed by atoms with van der Waals surface area (Å²) in [6.07, 6.45) is 4.75. The molecule has 21 heavy (non-hydrogen) atoms. The largest absolute Gasteiger partial charge is 0.479 e. The number of hydrogen-bond donors (Lipinski definition) is 1. The number of aromatic nitrogens is 2. The number of hydrogen-bond acceptors (Lipinski definition) is 4. The second-order valence-corrected chi connectivity index (χ2v) is 5.57. The highest BCUT2D eigenvalue weighted by Gasteiger charge is 2.48. The number of nitrogens with zero attached hydrogens (tertiary/aromatic N) is 3. The third-order valence-corrected chi connectivity index (χ3v) is 4.27. The van der Waals surface area contributed by atoms with E-state index in [0.717, 1.165) is 23.7 Å². The van der Waals surface area contributed by atoms with E-state index in [1.807, 2.05) is 36.1 Å². The van der Waals surface area contributed by atoms with Crippen LogP contribution in [0, 0.1) is 0 Å². The molecule has 1 saturated heterocycles. The van der Waals surface area contributed by atoms with Crippen molar-refractivity contribution < 1.29 is 9.90 Å². The lowest BCUT2D eigenvalue weighted by atomic mass is 9.91. The molecule has 110 valence electrons. The van der Waals surface area contributed by atoms with Gasteiger partial charge in [0.05, 0.1) is 5.52 Å². The van der Waals surface area contributed by atoms with E-state index >= 15 is 0 Å². The zero-order valence-electron chi connectivity index (χ0n) is 12.1. The molecular weight excluding hydrogens is 266 g/mol. The fraction of sp³-hybridized carbons (Fsp3) is 0.438. The third kappa shape index (κ3) is 2.22. The molecule has 5 heteroatoms. The summed E-state index contributed by atoms with van der Waals surface area (Å²) in [7, 11) is 0. The summed E-state index contributed by atoms with van der Waals surface area (Å²) in [5, 5.41) is 10.7. The van der Waals surface area contributed by atoms with Gasteiger partial charge in [0.1, 0.15) is 5.54 Å². The van der Waals surface area contributed by atoms with E-state index in [9.17, 15) is 9.90 Å². The number of fused-ring (bicyclic) bond motifs is 1. The van der Waals surface area contributed by atoms with Gasteiger partial charge in [-0.2, -0.15) is 0 Å². The summed E-state index contributed by atoms with van der Waals surface area (Å²) in [5.41, 5.74) is 0.00203. The number of para-hydroxylation sites is 1. The number of carboxylic acid groups (broad SMARTS) is 1. The van der Waals surface area contributed by atoms with Gasteiger partial charge in [0, 0.05) is 18.1 Å². The standard InChI is InChI=1S/C16H19N3O2/c1-2-8-16(14(20)21)9-5-10-19(16)15-17-11-12-6-3-4-7-13(12)18-15/h3-4,6-7,11H,2,5,8-10H2,1H3,(H,20,21). The Morgan fingerprint density at radius 2 is 2.24 bits per heavy atom. The fourth-order valence-corrected chi connectivity index (χ4v) is 3.27. The maximum absolute atomic E-state index is 11.9. The highest BCUT2D eigenvalue weighted by molar-refractivity contribution is 5.85. The molecule has 1 atom stereocenters. The minimum absolute atomic E-state index is 0.530. The van der Waals surface area contributed by atoms with Gasteiger partial charge in [0.2, 0.25) is 5.95 Å². The average Bonchev–Trinajstić information content (AvgIpc) is 2.92. The van der Waals surface area contributed by atoms with Crippen LogP contribution in [0.1, 0.15) is 32.6 Å². The van der Waals surface area contributed by atoms with Gasteiger partial charge >= 0.3 is 5.97 Å². The van der Waals surface area contributed by atoms with Crippen molar-refractivity contribution in [2.75, 3.05) is 11.4 Å². The fourth-order valence-electron chi connectivity index (χ4n) is 3.27. The molecular formula is C16H19N3O2. The van der Waals surface area contributed by atoms with Crippen molar-refractivity contribution in [3.8, 4) is 0 Å². The van der Waals surface area contributed by atoms with Crippen molar-refractivity contribution in [3.05, 3.63) is 30.5 Å². The molecule has 2 aromatic rings. The number of aliphatic carboxylic acids is 1. The summed E-state index contributed by atoms with van der Waals surface area (Å²) >= 11 is 0. The van der Waals surface area contributed by atoms with Crippen LogP contribution in [0.25, 0.3) is 10.9 Å². The number of rotatable bonds is 4. The molecule has 0 saturated carbocycles. The molecule has 1 aliphatic rings. The van der Waals surface area contributed by atoms with Crippen LogP contribution in [0.2, 0.25) is 0 Å². The van der Waals surface area contributed by atoms with Crippen molar-refractivity contribution >= 4 is 22.8 Å². The second-order valence-electron chi connectivity index (χ2n) is 5.57. The van der Waals surface area contributed by atoms with Crippen LogP contribution < -0.4 is 4.90 Å². The normalized spacial score (nSPS) is 21.9. The summed E-state index contributed by atoms with van der Waals surface area (Å²) in [6.45, 7) is 2.72. The number of anilines is 1. The molecule has 2 heterocycles. The smallest absolute Gasteiger partial charge is 0.329 e. The van der Waals surface area contributed by atoms with E-state index < -0.39 is 11.5 Å². The van der Waals surface area contributed by atoms with Crippen LogP contribution in [0.5, 0.6) is 0 Å². The van der Waals surface area contributed by atoms with E-state index in [1.165, 1.54) is 0 Å². The minimum Gasteiger partial charge on any atom is -0.479 e. The lowest BCUT2D eigenvalue weighted by Gasteiger charge is -2.34. The highest BCUT2D eigenvalue weighted by atomic mass is 16.4. The molecule has 3 rings (SSSR count). The topological polar surface area (TPSA) is 66.3 Å². The molecule has 1 aliphatic heterocycles. The van der Waals surface area contributed by atoms with Gasteiger partial charge in [-0.05, 0) is 25.3 Å². The van der Waals surface area contributed by atoms with Gasteiger partial charge in [0.15, 0.2) is 0 Å². The van der Waals surface area contributed by atoms with Crippen molar-refractivity contribution in [1.82, 2.24) is 9.97 Å². The van der Waals surface area contributed by atoms with E-state index in [1.54, 1.807) is 6.20 Å². The maximum Gasteiger partial charge on any atom is 0.329 e. The lowest BCUT2D eigenvalue weighted by molar-refractivity contribution is -0.143.